The van der Waals surface area contributed by atoms with E-state index in [2.05, 4.69) is 10.2 Å². The lowest BCUT2D eigenvalue weighted by molar-refractivity contribution is -0.131. The van der Waals surface area contributed by atoms with Crippen molar-refractivity contribution in [3.8, 4) is 0 Å². The van der Waals surface area contributed by atoms with E-state index in [1.165, 1.54) is 0 Å². The van der Waals surface area contributed by atoms with Crippen LogP contribution in [0.25, 0.3) is 6.08 Å². The minimum Gasteiger partial charge on any atom is -0.477 e. The highest BCUT2D eigenvalue weighted by atomic mass is 32.2. The van der Waals surface area contributed by atoms with Gasteiger partial charge in [-0.25, -0.2) is 4.79 Å². The molecule has 0 aliphatic carbocycles. The van der Waals surface area contributed by atoms with Gasteiger partial charge >= 0.3 is 5.97 Å². The Labute approximate surface area is 124 Å². The fraction of sp³-hybridized carbons (Fsp3) is 0.154. The van der Waals surface area contributed by atoms with E-state index < -0.39 is 5.97 Å². The summed E-state index contributed by atoms with van der Waals surface area (Å²) in [5.41, 5.74) is 0.809. The quantitative estimate of drug-likeness (QED) is 0.670. The van der Waals surface area contributed by atoms with Gasteiger partial charge in [-0.1, -0.05) is 12.1 Å². The number of hydrogen-bond donors (Lipinski definition) is 1. The predicted molar refractivity (Wildman–Crippen MR) is 78.7 cm³/mol. The van der Waals surface area contributed by atoms with Gasteiger partial charge in [0.2, 0.25) is 5.89 Å². The molecule has 1 N–H and O–H groups in total. The molecule has 1 heterocycles. The first-order chi connectivity index (χ1) is 9.58. The average Bonchev–Trinajstić information content (AvgIpc) is 2.84. The molecule has 0 fully saturated rings. The van der Waals surface area contributed by atoms with Crippen LogP contribution in [0, 0.1) is 6.92 Å². The molecule has 0 atom stereocenters. The predicted octanol–water partition coefficient (Wildman–Crippen LogP) is 3.32. The van der Waals surface area contributed by atoms with Crippen LogP contribution in [0.15, 0.2) is 43.7 Å². The number of carboxylic acids is 1. The summed E-state index contributed by atoms with van der Waals surface area (Å²) >= 11 is 2.57. The Morgan fingerprint density at radius 1 is 1.30 bits per heavy atom. The summed E-state index contributed by atoms with van der Waals surface area (Å²) < 4.78 is 5.17. The molecular formula is C13H12N2O3S2. The highest BCUT2D eigenvalue weighted by molar-refractivity contribution is 8.03. The topological polar surface area (TPSA) is 76.2 Å². The lowest BCUT2D eigenvalue weighted by Gasteiger charge is -2.00. The van der Waals surface area contributed by atoms with Crippen molar-refractivity contribution in [2.24, 2.45) is 0 Å². The van der Waals surface area contributed by atoms with E-state index in [1.54, 1.807) is 24.8 Å². The molecule has 2 rings (SSSR count). The lowest BCUT2D eigenvalue weighted by atomic mass is 10.2. The molecule has 2 aromatic rings. The van der Waals surface area contributed by atoms with Gasteiger partial charge < -0.3 is 9.52 Å². The van der Waals surface area contributed by atoms with Gasteiger partial charge in [0.1, 0.15) is 4.91 Å². The number of benzene rings is 1. The van der Waals surface area contributed by atoms with Gasteiger partial charge in [0.05, 0.1) is 0 Å². The molecule has 104 valence electrons. The fourth-order valence-corrected chi connectivity index (χ4v) is 2.52. The second kappa shape index (κ2) is 6.62. The van der Waals surface area contributed by atoms with E-state index in [1.807, 2.05) is 30.5 Å². The number of carbonyl (C=O) groups is 1. The smallest absolute Gasteiger partial charge is 0.342 e. The van der Waals surface area contributed by atoms with Crippen LogP contribution >= 0.6 is 23.5 Å². The van der Waals surface area contributed by atoms with Crippen LogP contribution in [0.1, 0.15) is 11.5 Å². The second-order valence-electron chi connectivity index (χ2n) is 3.78. The summed E-state index contributed by atoms with van der Waals surface area (Å²) in [6, 6.07) is 7.62. The number of aryl methyl sites for hydroxylation is 1. The number of nitrogens with zero attached hydrogens (tertiary/aromatic N) is 2. The molecule has 0 bridgehead atoms. The zero-order valence-corrected chi connectivity index (χ0v) is 12.5. The van der Waals surface area contributed by atoms with Crippen molar-refractivity contribution in [1.82, 2.24) is 10.2 Å². The largest absolute Gasteiger partial charge is 0.477 e. The van der Waals surface area contributed by atoms with Crippen molar-refractivity contribution in [3.63, 3.8) is 0 Å². The maximum Gasteiger partial charge on any atom is 0.342 e. The minimum atomic E-state index is -1.03. The highest BCUT2D eigenvalue weighted by Crippen LogP contribution is 2.27. The Balaban J connectivity index is 2.22. The number of aliphatic carboxylic acids is 1. The van der Waals surface area contributed by atoms with Crippen molar-refractivity contribution in [3.05, 3.63) is 40.6 Å². The van der Waals surface area contributed by atoms with E-state index in [-0.39, 0.29) is 10.1 Å². The van der Waals surface area contributed by atoms with Crippen LogP contribution in [-0.4, -0.2) is 27.5 Å². The summed E-state index contributed by atoms with van der Waals surface area (Å²) in [7, 11) is 0. The van der Waals surface area contributed by atoms with Crippen molar-refractivity contribution in [2.75, 3.05) is 6.26 Å². The number of aromatic nitrogens is 2. The summed E-state index contributed by atoms with van der Waals surface area (Å²) in [5.74, 6) is -0.624. The Morgan fingerprint density at radius 3 is 2.50 bits per heavy atom. The summed E-state index contributed by atoms with van der Waals surface area (Å²) in [5, 5.41) is 16.9. The highest BCUT2D eigenvalue weighted by Gasteiger charge is 2.14. The van der Waals surface area contributed by atoms with Gasteiger partial charge in [-0.3, -0.25) is 0 Å². The Bertz CT molecular complexity index is 635. The zero-order chi connectivity index (χ0) is 14.5. The fourth-order valence-electron chi connectivity index (χ4n) is 1.40. The maximum absolute atomic E-state index is 11.3. The molecule has 0 saturated heterocycles. The molecule has 7 heteroatoms. The molecule has 0 amide bonds. The van der Waals surface area contributed by atoms with Gasteiger partial charge in [0.15, 0.2) is 0 Å². The van der Waals surface area contributed by atoms with Crippen LogP contribution in [0.2, 0.25) is 0 Å². The van der Waals surface area contributed by atoms with Crippen LogP contribution in [-0.2, 0) is 4.79 Å². The molecule has 1 aromatic carbocycles. The monoisotopic (exact) mass is 308 g/mol. The van der Waals surface area contributed by atoms with E-state index in [9.17, 15) is 9.90 Å². The molecule has 0 unspecified atom stereocenters. The van der Waals surface area contributed by atoms with Crippen molar-refractivity contribution in [2.45, 2.75) is 17.0 Å². The van der Waals surface area contributed by atoms with Gasteiger partial charge in [-0.15, -0.1) is 22.0 Å². The third-order valence-electron chi connectivity index (χ3n) is 2.33. The Kier molecular flexibility index (Phi) is 4.86. The van der Waals surface area contributed by atoms with Crippen molar-refractivity contribution in [1.29, 1.82) is 0 Å². The summed E-state index contributed by atoms with van der Waals surface area (Å²) in [6.45, 7) is 1.66. The summed E-state index contributed by atoms with van der Waals surface area (Å²) in [4.78, 5) is 12.5. The van der Waals surface area contributed by atoms with Gasteiger partial charge in [0.25, 0.3) is 5.22 Å². The number of carboxylic acid groups (broad SMARTS) is 1. The second-order valence-corrected chi connectivity index (χ2v) is 5.65. The zero-order valence-electron chi connectivity index (χ0n) is 10.9. The van der Waals surface area contributed by atoms with Gasteiger partial charge in [-0.2, -0.15) is 0 Å². The third kappa shape index (κ3) is 3.88. The standard InChI is InChI=1S/C13H12N2O3S2/c1-8-14-15-13(18-8)20-11(12(16)17)7-9-3-5-10(19-2)6-4-9/h3-7H,1-2H3,(H,16,17)/b11-7-. The van der Waals surface area contributed by atoms with Crippen LogP contribution in [0.3, 0.4) is 0 Å². The Morgan fingerprint density at radius 2 is 2.00 bits per heavy atom. The Hall–Kier alpha value is -1.73. The normalized spacial score (nSPS) is 11.6. The summed E-state index contributed by atoms with van der Waals surface area (Å²) in [6.07, 6.45) is 3.57. The molecule has 0 radical (unpaired) electrons. The average molecular weight is 308 g/mol. The third-order valence-corrected chi connectivity index (χ3v) is 3.92. The first kappa shape index (κ1) is 14.7. The van der Waals surface area contributed by atoms with Crippen LogP contribution in [0.5, 0.6) is 0 Å². The minimum absolute atomic E-state index is 0.130. The number of thioether (sulfide) groups is 2. The molecule has 0 aliphatic heterocycles. The van der Waals surface area contributed by atoms with Gasteiger partial charge in [-0.05, 0) is 41.8 Å². The molecule has 1 aromatic heterocycles. The molecular weight excluding hydrogens is 296 g/mol. The van der Waals surface area contributed by atoms with E-state index in [0.29, 0.717) is 5.89 Å². The van der Waals surface area contributed by atoms with Crippen LogP contribution < -0.4 is 0 Å². The molecule has 0 spiro atoms. The molecule has 20 heavy (non-hydrogen) atoms. The van der Waals surface area contributed by atoms with E-state index in [4.69, 9.17) is 4.42 Å². The molecule has 0 saturated carbocycles. The van der Waals surface area contributed by atoms with E-state index in [0.717, 1.165) is 22.2 Å². The van der Waals surface area contributed by atoms with Crippen molar-refractivity contribution >= 4 is 35.6 Å². The molecule has 5 nitrogen and oxygen atoms in total. The first-order valence-corrected chi connectivity index (χ1v) is 7.69. The molecule has 0 aliphatic rings. The van der Waals surface area contributed by atoms with Crippen LogP contribution in [0.4, 0.5) is 0 Å². The maximum atomic E-state index is 11.3. The number of hydrogen-bond acceptors (Lipinski definition) is 6. The van der Waals surface area contributed by atoms with E-state index >= 15 is 0 Å². The lowest BCUT2D eigenvalue weighted by Crippen LogP contribution is -1.96. The number of rotatable bonds is 5. The first-order valence-electron chi connectivity index (χ1n) is 5.65. The van der Waals surface area contributed by atoms with Crippen molar-refractivity contribution < 1.29 is 14.3 Å². The van der Waals surface area contributed by atoms with Gasteiger partial charge in [0, 0.05) is 11.8 Å². The SMILES string of the molecule is CSc1ccc(/C=C(\Sc2nnc(C)o2)C(=O)O)cc1.